The molecule has 0 aliphatic carbocycles. The van der Waals surface area contributed by atoms with E-state index in [-0.39, 0.29) is 0 Å². The van der Waals surface area contributed by atoms with E-state index < -0.39 is 0 Å². The Morgan fingerprint density at radius 1 is 0.676 bits per heavy atom. The van der Waals surface area contributed by atoms with Gasteiger partial charge in [-0.15, -0.1) is 0 Å². The van der Waals surface area contributed by atoms with Crippen molar-refractivity contribution in [2.75, 3.05) is 7.11 Å². The van der Waals surface area contributed by atoms with Crippen LogP contribution >= 0.6 is 0 Å². The molecule has 0 amide bonds. The van der Waals surface area contributed by atoms with Crippen molar-refractivity contribution in [2.45, 2.75) is 34.3 Å². The first-order valence-electron chi connectivity index (χ1n) is 11.5. The number of ether oxygens (including phenoxy) is 1. The first-order valence-corrected chi connectivity index (χ1v) is 11.5. The number of aryl methyl sites for hydroxylation is 4. The predicted octanol–water partition coefficient (Wildman–Crippen LogP) is 8.00. The molecule has 0 radical (unpaired) electrons. The minimum atomic E-state index is 0.709. The molecule has 34 heavy (non-hydrogen) atoms. The normalized spacial score (nSPS) is 9.56. The van der Waals surface area contributed by atoms with Crippen LogP contribution < -0.4 is 0 Å². The Morgan fingerprint density at radius 2 is 1.26 bits per heavy atom. The van der Waals surface area contributed by atoms with Gasteiger partial charge in [-0.05, 0) is 56.5 Å². The lowest BCUT2D eigenvalue weighted by molar-refractivity contribution is 0.185. The maximum absolute atomic E-state index is 4.93. The lowest BCUT2D eigenvalue weighted by Crippen LogP contribution is -1.84. The van der Waals surface area contributed by atoms with Gasteiger partial charge < -0.3 is 9.72 Å². The number of benzene rings is 3. The van der Waals surface area contributed by atoms with Gasteiger partial charge in [-0.1, -0.05) is 90.5 Å². The van der Waals surface area contributed by atoms with Crippen LogP contribution in [0.1, 0.15) is 27.9 Å². The lowest BCUT2D eigenvalue weighted by Gasteiger charge is -1.95. The number of methoxy groups -OCH3 is 1. The van der Waals surface area contributed by atoms with Gasteiger partial charge >= 0.3 is 0 Å². The molecular weight excluding hydrogens is 416 g/mol. The zero-order valence-corrected chi connectivity index (χ0v) is 21.0. The van der Waals surface area contributed by atoms with Crippen LogP contribution in [-0.4, -0.2) is 17.1 Å². The van der Waals surface area contributed by atoms with Gasteiger partial charge in [-0.25, -0.2) is 0 Å². The summed E-state index contributed by atoms with van der Waals surface area (Å²) < 4.78 is 4.93. The van der Waals surface area contributed by atoms with Gasteiger partial charge in [0.1, 0.15) is 0 Å². The first-order chi connectivity index (χ1) is 16.5. The largest absolute Gasteiger partial charge is 0.380 e. The minimum Gasteiger partial charge on any atom is -0.380 e. The maximum Gasteiger partial charge on any atom is 0.0713 e. The average Bonchev–Trinajstić information content (AvgIpc) is 3.16. The number of para-hydroxylation sites is 1. The highest BCUT2D eigenvalue weighted by atomic mass is 16.5. The fourth-order valence-electron chi connectivity index (χ4n) is 3.14. The van der Waals surface area contributed by atoms with Gasteiger partial charge in [0.15, 0.2) is 0 Å². The molecule has 0 spiro atoms. The summed E-state index contributed by atoms with van der Waals surface area (Å²) >= 11 is 0. The van der Waals surface area contributed by atoms with E-state index in [0.717, 1.165) is 0 Å². The number of nitrogens with one attached hydrogen (secondary N) is 1. The van der Waals surface area contributed by atoms with Crippen LogP contribution in [0.25, 0.3) is 10.9 Å². The van der Waals surface area contributed by atoms with Crippen LogP contribution in [0.15, 0.2) is 109 Å². The number of hydrogen-bond donors (Lipinski definition) is 1. The Hall–Kier alpha value is -3.69. The number of aromatic nitrogens is 2. The Morgan fingerprint density at radius 3 is 1.74 bits per heavy atom. The molecule has 3 aromatic carbocycles. The quantitative estimate of drug-likeness (QED) is 0.295. The fraction of sp³-hybridized carbons (Fsp3) is 0.194. The summed E-state index contributed by atoms with van der Waals surface area (Å²) in [7, 11) is 1.70. The van der Waals surface area contributed by atoms with E-state index >= 15 is 0 Å². The van der Waals surface area contributed by atoms with Crippen LogP contribution in [0.5, 0.6) is 0 Å². The number of hydrogen-bond acceptors (Lipinski definition) is 2. The fourth-order valence-corrected chi connectivity index (χ4v) is 3.14. The third-order valence-electron chi connectivity index (χ3n) is 5.12. The molecular formula is C31H36N2O. The highest BCUT2D eigenvalue weighted by molar-refractivity contribution is 5.84. The SMILES string of the molecule is COCc1ccccc1.Cc1[nH]c2ccccc2c1C.Cc1ccccc1.Cc1cccnc1. The molecule has 0 saturated carbocycles. The maximum atomic E-state index is 4.93. The first kappa shape index (κ1) is 26.6. The van der Waals surface area contributed by atoms with Crippen LogP contribution in [0, 0.1) is 27.7 Å². The number of rotatable bonds is 2. The molecule has 0 saturated heterocycles. The summed E-state index contributed by atoms with van der Waals surface area (Å²) in [5.74, 6) is 0. The Balaban J connectivity index is 0.000000163. The highest BCUT2D eigenvalue weighted by Gasteiger charge is 2.00. The summed E-state index contributed by atoms with van der Waals surface area (Å²) in [6.07, 6.45) is 3.60. The number of aromatic amines is 1. The molecule has 3 nitrogen and oxygen atoms in total. The van der Waals surface area contributed by atoms with Gasteiger partial charge in [0.25, 0.3) is 0 Å². The molecule has 1 N–H and O–H groups in total. The van der Waals surface area contributed by atoms with E-state index in [1.807, 2.05) is 73.8 Å². The van der Waals surface area contributed by atoms with Crippen molar-refractivity contribution >= 4 is 10.9 Å². The Labute approximate surface area is 204 Å². The number of fused-ring (bicyclic) bond motifs is 1. The molecule has 176 valence electrons. The second kappa shape index (κ2) is 15.2. The number of pyridine rings is 1. The van der Waals surface area contributed by atoms with Crippen molar-refractivity contribution in [1.82, 2.24) is 9.97 Å². The van der Waals surface area contributed by atoms with E-state index in [4.69, 9.17) is 4.74 Å². The monoisotopic (exact) mass is 452 g/mol. The highest BCUT2D eigenvalue weighted by Crippen LogP contribution is 2.19. The molecule has 0 aliphatic heterocycles. The third kappa shape index (κ3) is 9.85. The molecule has 0 bridgehead atoms. The van der Waals surface area contributed by atoms with Gasteiger partial charge in [-0.3, -0.25) is 4.98 Å². The van der Waals surface area contributed by atoms with Crippen LogP contribution in [0.2, 0.25) is 0 Å². The zero-order chi connectivity index (χ0) is 24.6. The Kier molecular flexibility index (Phi) is 11.9. The minimum absolute atomic E-state index is 0.709. The molecule has 2 heterocycles. The summed E-state index contributed by atoms with van der Waals surface area (Å²) in [6, 6.07) is 32.7. The topological polar surface area (TPSA) is 37.9 Å². The summed E-state index contributed by atoms with van der Waals surface area (Å²) in [5, 5.41) is 1.34. The van der Waals surface area contributed by atoms with Crippen molar-refractivity contribution in [1.29, 1.82) is 0 Å². The lowest BCUT2D eigenvalue weighted by atomic mass is 10.2. The number of H-pyrrole nitrogens is 1. The second-order valence-electron chi connectivity index (χ2n) is 8.02. The smallest absolute Gasteiger partial charge is 0.0713 e. The summed E-state index contributed by atoms with van der Waals surface area (Å²) in [6.45, 7) is 9.07. The van der Waals surface area contributed by atoms with Gasteiger partial charge in [0.2, 0.25) is 0 Å². The molecule has 5 rings (SSSR count). The summed E-state index contributed by atoms with van der Waals surface area (Å²) in [4.78, 5) is 7.21. The van der Waals surface area contributed by atoms with Gasteiger partial charge in [-0.2, -0.15) is 0 Å². The number of nitrogens with zero attached hydrogens (tertiary/aromatic N) is 1. The summed E-state index contributed by atoms with van der Waals surface area (Å²) in [5.41, 5.74) is 7.62. The third-order valence-corrected chi connectivity index (χ3v) is 5.12. The molecule has 2 aromatic heterocycles. The second-order valence-corrected chi connectivity index (χ2v) is 8.02. The van der Waals surface area contributed by atoms with E-state index in [2.05, 4.69) is 67.1 Å². The standard InChI is InChI=1S/C10H11N.C8H10O.C7H8.C6H7N/c1-7-8(2)11-10-6-4-3-5-9(7)10;1-9-7-8-5-3-2-4-6-8;1-7-5-3-2-4-6-7;1-6-3-2-4-7-5-6/h3-6,11H,1-2H3;2-6H,7H2,1H3;2-6H,1H3;2-5H,1H3. The van der Waals surface area contributed by atoms with Crippen molar-refractivity contribution in [3.05, 3.63) is 137 Å². The molecule has 0 unspecified atom stereocenters. The predicted molar refractivity (Wildman–Crippen MR) is 145 cm³/mol. The van der Waals surface area contributed by atoms with Crippen molar-refractivity contribution < 1.29 is 4.74 Å². The van der Waals surface area contributed by atoms with Crippen molar-refractivity contribution in [3.63, 3.8) is 0 Å². The van der Waals surface area contributed by atoms with Crippen LogP contribution in [0.3, 0.4) is 0 Å². The van der Waals surface area contributed by atoms with Crippen molar-refractivity contribution in [2.24, 2.45) is 0 Å². The molecule has 0 fully saturated rings. The van der Waals surface area contributed by atoms with Crippen LogP contribution in [0.4, 0.5) is 0 Å². The molecule has 3 heteroatoms. The van der Waals surface area contributed by atoms with E-state index in [1.165, 1.54) is 38.9 Å². The average molecular weight is 453 g/mol. The van der Waals surface area contributed by atoms with Crippen molar-refractivity contribution in [3.8, 4) is 0 Å². The molecule has 0 atom stereocenters. The van der Waals surface area contributed by atoms with E-state index in [0.29, 0.717) is 6.61 Å². The van der Waals surface area contributed by atoms with E-state index in [9.17, 15) is 0 Å². The molecule has 5 aromatic rings. The van der Waals surface area contributed by atoms with Crippen LogP contribution in [-0.2, 0) is 11.3 Å². The van der Waals surface area contributed by atoms with Gasteiger partial charge in [0.05, 0.1) is 6.61 Å². The Bertz CT molecular complexity index is 1150. The van der Waals surface area contributed by atoms with E-state index in [1.54, 1.807) is 13.3 Å². The molecule has 0 aliphatic rings. The van der Waals surface area contributed by atoms with Gasteiger partial charge in [0, 0.05) is 36.1 Å². The zero-order valence-electron chi connectivity index (χ0n) is 21.0.